The van der Waals surface area contributed by atoms with Crippen LogP contribution in [0, 0.1) is 18.3 Å². The molecule has 0 aromatic heterocycles. The van der Waals surface area contributed by atoms with Crippen LogP contribution in [-0.4, -0.2) is 66.9 Å². The number of hydrogen-bond donors (Lipinski definition) is 1. The summed E-state index contributed by atoms with van der Waals surface area (Å²) >= 11 is 0. The van der Waals surface area contributed by atoms with E-state index >= 15 is 0 Å². The zero-order valence-corrected chi connectivity index (χ0v) is 17.1. The van der Waals surface area contributed by atoms with Gasteiger partial charge in [0.05, 0.1) is 24.8 Å². The van der Waals surface area contributed by atoms with Crippen molar-refractivity contribution in [1.82, 2.24) is 9.80 Å². The van der Waals surface area contributed by atoms with Crippen molar-refractivity contribution in [3.8, 4) is 6.07 Å². The first kappa shape index (κ1) is 21.0. The Labute approximate surface area is 171 Å². The molecule has 0 bridgehead atoms. The predicted molar refractivity (Wildman–Crippen MR) is 114 cm³/mol. The molecule has 1 amide bonds. The van der Waals surface area contributed by atoms with Gasteiger partial charge in [-0.05, 0) is 44.7 Å². The van der Waals surface area contributed by atoms with Gasteiger partial charge in [-0.2, -0.15) is 5.26 Å². The van der Waals surface area contributed by atoms with E-state index in [-0.39, 0.29) is 31.5 Å². The second-order valence-corrected chi connectivity index (χ2v) is 7.78. The van der Waals surface area contributed by atoms with Crippen molar-refractivity contribution in [3.05, 3.63) is 29.3 Å². The molecule has 154 valence electrons. The van der Waals surface area contributed by atoms with E-state index in [0.717, 1.165) is 42.0 Å². The van der Waals surface area contributed by atoms with Gasteiger partial charge in [-0.15, -0.1) is 0 Å². The van der Waals surface area contributed by atoms with Crippen LogP contribution < -0.4 is 5.32 Å². The number of alkyl halides is 1. The van der Waals surface area contributed by atoms with E-state index in [1.165, 1.54) is 4.90 Å². The molecule has 7 heteroatoms. The van der Waals surface area contributed by atoms with Gasteiger partial charge in [0.2, 0.25) is 5.91 Å². The molecule has 2 saturated heterocycles. The lowest BCUT2D eigenvalue weighted by molar-refractivity contribution is -0.132. The number of rotatable bonds is 6. The average molecular weight is 397 g/mol. The molecule has 2 aliphatic rings. The van der Waals surface area contributed by atoms with Crippen LogP contribution in [0.15, 0.2) is 23.2 Å². The maximum Gasteiger partial charge on any atom is 0.237 e. The molecule has 6 nitrogen and oxygen atoms in total. The van der Waals surface area contributed by atoms with Crippen molar-refractivity contribution in [2.45, 2.75) is 44.9 Å². The van der Waals surface area contributed by atoms with E-state index in [2.05, 4.69) is 34.1 Å². The number of carbonyl (C=O) groups is 1. The minimum Gasteiger partial charge on any atom is -0.381 e. The van der Waals surface area contributed by atoms with Crippen molar-refractivity contribution in [3.63, 3.8) is 0 Å². The number of hydrogen-bond acceptors (Lipinski definition) is 5. The first-order valence-electron chi connectivity index (χ1n) is 10.0. The normalized spacial score (nSPS) is 24.8. The van der Waals surface area contributed by atoms with E-state index in [1.54, 1.807) is 0 Å². The summed E-state index contributed by atoms with van der Waals surface area (Å²) in [6.45, 7) is 9.43. The number of anilines is 1. The largest absolute Gasteiger partial charge is 0.381 e. The van der Waals surface area contributed by atoms with Gasteiger partial charge in [0, 0.05) is 36.8 Å². The van der Waals surface area contributed by atoms with E-state index < -0.39 is 12.2 Å². The second-order valence-electron chi connectivity index (χ2n) is 7.78. The monoisotopic (exact) mass is 397 g/mol. The summed E-state index contributed by atoms with van der Waals surface area (Å²) in [5.41, 5.74) is 3.98. The first-order valence-corrected chi connectivity index (χ1v) is 10.0. The number of nitriles is 1. The minimum absolute atomic E-state index is 0.0310. The van der Waals surface area contributed by atoms with Gasteiger partial charge in [0.25, 0.3) is 0 Å². The molecule has 3 rings (SSSR count). The zero-order valence-electron chi connectivity index (χ0n) is 17.1. The van der Waals surface area contributed by atoms with E-state index in [1.807, 2.05) is 32.1 Å². The number of aliphatic imine (C=N–C) groups is 1. The van der Waals surface area contributed by atoms with Crippen LogP contribution in [0.2, 0.25) is 0 Å². The lowest BCUT2D eigenvalue weighted by Crippen LogP contribution is -2.42. The molecule has 2 heterocycles. The Balaban J connectivity index is 1.60. The van der Waals surface area contributed by atoms with Crippen LogP contribution in [0.3, 0.4) is 0 Å². The van der Waals surface area contributed by atoms with Gasteiger partial charge in [0.15, 0.2) is 0 Å². The highest BCUT2D eigenvalue weighted by atomic mass is 19.1. The molecule has 3 atom stereocenters. The number of benzene rings is 1. The summed E-state index contributed by atoms with van der Waals surface area (Å²) in [5, 5.41) is 12.7. The number of aryl methyl sites for hydroxylation is 1. The average Bonchev–Trinajstić information content (AvgIpc) is 3.27. The molecule has 0 radical (unpaired) electrons. The molecular formula is C22H28FN5O. The molecule has 0 spiro atoms. The van der Waals surface area contributed by atoms with Crippen LogP contribution in [0.5, 0.6) is 0 Å². The Hall–Kier alpha value is -2.72. The van der Waals surface area contributed by atoms with Crippen LogP contribution in [-0.2, 0) is 4.79 Å². The van der Waals surface area contributed by atoms with Gasteiger partial charge < -0.3 is 10.2 Å². The third-order valence-corrected chi connectivity index (χ3v) is 5.56. The molecule has 0 unspecified atom stereocenters. The summed E-state index contributed by atoms with van der Waals surface area (Å²) in [6.07, 6.45) is 3.93. The zero-order chi connectivity index (χ0) is 21.0. The quantitative estimate of drug-likeness (QED) is 0.748. The van der Waals surface area contributed by atoms with Crippen molar-refractivity contribution in [1.29, 1.82) is 5.26 Å². The molecule has 1 N–H and O–H groups in total. The molecule has 0 saturated carbocycles. The molecule has 0 aliphatic carbocycles. The summed E-state index contributed by atoms with van der Waals surface area (Å²) in [5.74, 6) is -0.162. The Morgan fingerprint density at radius 1 is 1.48 bits per heavy atom. The van der Waals surface area contributed by atoms with Gasteiger partial charge in [-0.3, -0.25) is 14.7 Å². The van der Waals surface area contributed by atoms with Crippen LogP contribution in [0.1, 0.15) is 30.9 Å². The maximum atomic E-state index is 13.6. The first-order chi connectivity index (χ1) is 13.9. The highest BCUT2D eigenvalue weighted by Gasteiger charge is 2.36. The highest BCUT2D eigenvalue weighted by molar-refractivity contribution is 5.79. The fraction of sp³-hybridized carbons (Fsp3) is 0.500. The Morgan fingerprint density at radius 2 is 2.28 bits per heavy atom. The SMILES string of the molecule is C=Nc1c(C)cc(N[C@H]2CCN(CC(=O)N3C[C@@H](F)C[C@H]3C#N)C2)cc1/C=C\C. The smallest absolute Gasteiger partial charge is 0.237 e. The van der Waals surface area contributed by atoms with Gasteiger partial charge >= 0.3 is 0 Å². The molecule has 2 aliphatic heterocycles. The van der Waals surface area contributed by atoms with Gasteiger partial charge in [-0.25, -0.2) is 4.39 Å². The Morgan fingerprint density at radius 3 is 2.97 bits per heavy atom. The molecule has 1 aromatic rings. The summed E-state index contributed by atoms with van der Waals surface area (Å²) in [7, 11) is 0. The third kappa shape index (κ3) is 4.83. The maximum absolute atomic E-state index is 13.6. The minimum atomic E-state index is -1.10. The fourth-order valence-electron chi connectivity index (χ4n) is 4.21. The number of carbonyl (C=O) groups excluding carboxylic acids is 1. The topological polar surface area (TPSA) is 71.7 Å². The molecular weight excluding hydrogens is 369 g/mol. The second kappa shape index (κ2) is 9.19. The third-order valence-electron chi connectivity index (χ3n) is 5.56. The van der Waals surface area contributed by atoms with E-state index in [4.69, 9.17) is 5.26 Å². The van der Waals surface area contributed by atoms with Gasteiger partial charge in [0.1, 0.15) is 12.2 Å². The summed E-state index contributed by atoms with van der Waals surface area (Å²) in [4.78, 5) is 20.1. The molecule has 2 fully saturated rings. The number of nitrogens with one attached hydrogen (secondary N) is 1. The number of halogens is 1. The lowest BCUT2D eigenvalue weighted by Gasteiger charge is -2.23. The standard InChI is InChI=1S/C22H28FN5O/c1-4-5-16-9-19(8-15(2)22(16)25-3)26-18-6-7-27(13-18)14-21(29)28-12-17(23)10-20(28)11-24/h4-5,8-9,17-18,20,26H,3,6-7,10,12-14H2,1-2H3/b5-4-/t17-,18-,20-/m0/s1. The van der Waals surface area contributed by atoms with Crippen LogP contribution >= 0.6 is 0 Å². The molecule has 29 heavy (non-hydrogen) atoms. The Bertz CT molecular complexity index is 846. The number of likely N-dealkylation sites (tertiary alicyclic amines) is 2. The van der Waals surface area contributed by atoms with Crippen LogP contribution in [0.25, 0.3) is 6.08 Å². The predicted octanol–water partition coefficient (Wildman–Crippen LogP) is 3.31. The van der Waals surface area contributed by atoms with E-state index in [0.29, 0.717) is 0 Å². The Kier molecular flexibility index (Phi) is 6.65. The lowest BCUT2D eigenvalue weighted by atomic mass is 10.1. The number of nitrogens with zero attached hydrogens (tertiary/aromatic N) is 4. The van der Waals surface area contributed by atoms with Crippen molar-refractivity contribution in [2.75, 3.05) is 31.5 Å². The van der Waals surface area contributed by atoms with Crippen molar-refractivity contribution in [2.24, 2.45) is 4.99 Å². The van der Waals surface area contributed by atoms with E-state index in [9.17, 15) is 9.18 Å². The fourth-order valence-corrected chi connectivity index (χ4v) is 4.21. The highest BCUT2D eigenvalue weighted by Crippen LogP contribution is 2.30. The van der Waals surface area contributed by atoms with Gasteiger partial charge in [-0.1, -0.05) is 12.2 Å². The number of amides is 1. The molecule has 1 aromatic carbocycles. The summed E-state index contributed by atoms with van der Waals surface area (Å²) < 4.78 is 13.6. The van der Waals surface area contributed by atoms with Crippen LogP contribution in [0.4, 0.5) is 15.8 Å². The van der Waals surface area contributed by atoms with Crippen molar-refractivity contribution < 1.29 is 9.18 Å². The summed E-state index contributed by atoms with van der Waals surface area (Å²) in [6, 6.07) is 5.75. The van der Waals surface area contributed by atoms with Crippen molar-refractivity contribution >= 4 is 30.1 Å². The number of allylic oxidation sites excluding steroid dienone is 1.